The number of hydrogen-bond acceptors (Lipinski definition) is 1. The second kappa shape index (κ2) is 2.05. The van der Waals surface area contributed by atoms with Crippen molar-refractivity contribution in [3.63, 3.8) is 0 Å². The van der Waals surface area contributed by atoms with E-state index in [2.05, 4.69) is 13.3 Å². The Bertz CT molecular complexity index is 181. The van der Waals surface area contributed by atoms with Crippen LogP contribution in [-0.4, -0.2) is 11.5 Å². The highest BCUT2D eigenvalue weighted by molar-refractivity contribution is 5.28. The number of hydroxylamine groups is 1. The summed E-state index contributed by atoms with van der Waals surface area (Å²) >= 11 is 0. The summed E-state index contributed by atoms with van der Waals surface area (Å²) in [6.07, 6.45) is 4.56. The van der Waals surface area contributed by atoms with Crippen LogP contribution in [0.2, 0.25) is 0 Å². The molecule has 1 atom stereocenters. The van der Waals surface area contributed by atoms with Gasteiger partial charge in [0.2, 0.25) is 0 Å². The summed E-state index contributed by atoms with van der Waals surface area (Å²) in [7, 11) is 0. The summed E-state index contributed by atoms with van der Waals surface area (Å²) in [6.45, 7) is 6.77. The van der Waals surface area contributed by atoms with Crippen LogP contribution in [0, 0.1) is 11.1 Å². The minimum Gasteiger partial charge on any atom is -0.619 e. The summed E-state index contributed by atoms with van der Waals surface area (Å²) in [6, 6.07) is 0. The first-order chi connectivity index (χ1) is 4.25. The molecule has 0 aliphatic heterocycles. The second-order valence-corrected chi connectivity index (χ2v) is 2.10. The molecule has 1 aliphatic rings. The third-order valence-electron chi connectivity index (χ3n) is 1.35. The average molecular weight is 123 g/mol. The first kappa shape index (κ1) is 6.08. The zero-order chi connectivity index (χ0) is 6.85. The summed E-state index contributed by atoms with van der Waals surface area (Å²) in [4.78, 5) is 0. The van der Waals surface area contributed by atoms with Crippen LogP contribution in [-0.2, 0) is 0 Å². The molecule has 2 nitrogen and oxygen atoms in total. The third-order valence-corrected chi connectivity index (χ3v) is 1.35. The molecule has 0 aromatic rings. The van der Waals surface area contributed by atoms with Gasteiger partial charge in [0.25, 0.3) is 0 Å². The van der Waals surface area contributed by atoms with Gasteiger partial charge >= 0.3 is 0 Å². The van der Waals surface area contributed by atoms with Gasteiger partial charge in [0.15, 0.2) is 5.70 Å². The molecular weight excluding hydrogens is 114 g/mol. The lowest BCUT2D eigenvalue weighted by molar-refractivity contribution is -0.387. The van der Waals surface area contributed by atoms with Crippen molar-refractivity contribution in [1.82, 2.24) is 0 Å². The van der Waals surface area contributed by atoms with Crippen molar-refractivity contribution in [2.45, 2.75) is 6.42 Å². The summed E-state index contributed by atoms with van der Waals surface area (Å²) in [5.41, 5.74) is 0.787. The van der Waals surface area contributed by atoms with Gasteiger partial charge in [-0.3, -0.25) is 0 Å². The van der Waals surface area contributed by atoms with E-state index in [4.69, 9.17) is 0 Å². The molecule has 0 fully saturated rings. The smallest absolute Gasteiger partial charge is 0.196 e. The number of nitrogens with zero attached hydrogens (tertiary/aromatic N) is 1. The Kier molecular flexibility index (Phi) is 1.39. The van der Waals surface area contributed by atoms with Crippen LogP contribution in [0.15, 0.2) is 24.4 Å². The van der Waals surface area contributed by atoms with Gasteiger partial charge in [-0.15, -0.1) is 6.58 Å². The molecule has 0 spiro atoms. The minimum absolute atomic E-state index is 0.331. The van der Waals surface area contributed by atoms with Crippen molar-refractivity contribution in [3.8, 4) is 0 Å². The van der Waals surface area contributed by atoms with Crippen LogP contribution in [0.1, 0.15) is 6.42 Å². The summed E-state index contributed by atoms with van der Waals surface area (Å²) < 4.78 is 0.661. The summed E-state index contributed by atoms with van der Waals surface area (Å²) in [5.74, 6) is 0.331. The van der Waals surface area contributed by atoms with Gasteiger partial charge in [0.1, 0.15) is 6.72 Å². The van der Waals surface area contributed by atoms with Crippen LogP contribution in [0.25, 0.3) is 0 Å². The standard InChI is InChI=1S/C7H9NO/c1-3-4-6-5-7(6)8(2)9/h3,5-6H,1-2,4H2. The normalized spacial score (nSPS) is 22.7. The maximum atomic E-state index is 10.4. The summed E-state index contributed by atoms with van der Waals surface area (Å²) in [5, 5.41) is 10.4. The van der Waals surface area contributed by atoms with E-state index >= 15 is 0 Å². The predicted molar refractivity (Wildman–Crippen MR) is 37.1 cm³/mol. The van der Waals surface area contributed by atoms with Crippen molar-refractivity contribution in [2.24, 2.45) is 5.92 Å². The Hall–Kier alpha value is -1.05. The zero-order valence-electron chi connectivity index (χ0n) is 5.21. The van der Waals surface area contributed by atoms with Crippen LogP contribution in [0.5, 0.6) is 0 Å². The molecule has 48 valence electrons. The molecule has 1 aliphatic carbocycles. The fourth-order valence-electron chi connectivity index (χ4n) is 0.794. The average Bonchev–Trinajstić information content (AvgIpc) is 2.47. The number of allylic oxidation sites excluding steroid dienone is 3. The van der Waals surface area contributed by atoms with Gasteiger partial charge < -0.3 is 5.21 Å². The van der Waals surface area contributed by atoms with E-state index in [1.165, 1.54) is 0 Å². The van der Waals surface area contributed by atoms with Gasteiger partial charge in [-0.2, -0.15) is 4.74 Å². The maximum Gasteiger partial charge on any atom is 0.196 e. The first-order valence-electron chi connectivity index (χ1n) is 2.86. The van der Waals surface area contributed by atoms with E-state index in [9.17, 15) is 5.21 Å². The molecule has 1 unspecified atom stereocenters. The monoisotopic (exact) mass is 123 g/mol. The molecule has 0 radical (unpaired) electrons. The van der Waals surface area contributed by atoms with E-state index < -0.39 is 0 Å². The Morgan fingerprint density at radius 2 is 2.56 bits per heavy atom. The van der Waals surface area contributed by atoms with Crippen molar-refractivity contribution in [2.75, 3.05) is 0 Å². The zero-order valence-corrected chi connectivity index (χ0v) is 5.21. The molecule has 9 heavy (non-hydrogen) atoms. The van der Waals surface area contributed by atoms with Crippen LogP contribution < -0.4 is 0 Å². The van der Waals surface area contributed by atoms with Crippen molar-refractivity contribution in [1.29, 1.82) is 0 Å². The third kappa shape index (κ3) is 1.19. The molecule has 0 heterocycles. The van der Waals surface area contributed by atoms with Gasteiger partial charge in [-0.1, -0.05) is 6.08 Å². The lowest BCUT2D eigenvalue weighted by Gasteiger charge is -1.94. The molecular formula is C7H9NO. The topological polar surface area (TPSA) is 26.1 Å². The molecule has 0 aromatic carbocycles. The van der Waals surface area contributed by atoms with Crippen LogP contribution in [0.4, 0.5) is 0 Å². The fraction of sp³-hybridized carbons (Fsp3) is 0.286. The molecule has 0 saturated heterocycles. The number of hydrogen-bond donors (Lipinski definition) is 0. The number of rotatable bonds is 3. The van der Waals surface area contributed by atoms with Gasteiger partial charge in [-0.05, 0) is 12.5 Å². The van der Waals surface area contributed by atoms with E-state index in [1.807, 2.05) is 6.08 Å². The highest BCUT2D eigenvalue weighted by Crippen LogP contribution is 2.31. The van der Waals surface area contributed by atoms with Crippen molar-refractivity contribution >= 4 is 6.72 Å². The molecule has 2 heteroatoms. The molecule has 0 amide bonds. The quantitative estimate of drug-likeness (QED) is 0.182. The molecule has 1 rings (SSSR count). The molecule has 0 aromatic heterocycles. The van der Waals surface area contributed by atoms with E-state index in [-0.39, 0.29) is 0 Å². The lowest BCUT2D eigenvalue weighted by atomic mass is 10.2. The Morgan fingerprint density at radius 1 is 1.89 bits per heavy atom. The SMILES string of the molecule is C=CCC1C=C1[N+](=C)[O-]. The van der Waals surface area contributed by atoms with Crippen molar-refractivity contribution < 1.29 is 4.74 Å². The van der Waals surface area contributed by atoms with Gasteiger partial charge in [-0.25, -0.2) is 0 Å². The Balaban J connectivity index is 2.30. The highest BCUT2D eigenvalue weighted by atomic mass is 16.5. The predicted octanol–water partition coefficient (Wildman–Crippen LogP) is 1.29. The van der Waals surface area contributed by atoms with E-state index in [0.717, 1.165) is 12.1 Å². The van der Waals surface area contributed by atoms with Crippen LogP contribution in [0.3, 0.4) is 0 Å². The van der Waals surface area contributed by atoms with Gasteiger partial charge in [0, 0.05) is 0 Å². The molecule has 0 N–H and O–H groups in total. The molecule has 0 bridgehead atoms. The molecule has 0 saturated carbocycles. The second-order valence-electron chi connectivity index (χ2n) is 2.10. The Morgan fingerprint density at radius 3 is 2.89 bits per heavy atom. The van der Waals surface area contributed by atoms with Gasteiger partial charge in [0.05, 0.1) is 5.92 Å². The maximum absolute atomic E-state index is 10.4. The van der Waals surface area contributed by atoms with E-state index in [0.29, 0.717) is 10.7 Å². The minimum atomic E-state index is 0.331. The highest BCUT2D eigenvalue weighted by Gasteiger charge is 2.30. The Labute approximate surface area is 54.4 Å². The van der Waals surface area contributed by atoms with E-state index in [1.54, 1.807) is 6.08 Å². The van der Waals surface area contributed by atoms with Crippen molar-refractivity contribution in [3.05, 3.63) is 29.6 Å². The largest absolute Gasteiger partial charge is 0.619 e. The lowest BCUT2D eigenvalue weighted by Crippen LogP contribution is -1.93. The fourth-order valence-corrected chi connectivity index (χ4v) is 0.794. The first-order valence-corrected chi connectivity index (χ1v) is 2.86. The van der Waals surface area contributed by atoms with Crippen LogP contribution >= 0.6 is 0 Å².